The Hall–Kier alpha value is -3.52. The number of nitrogens with two attached hydrogens (primary N) is 1. The van der Waals surface area contributed by atoms with Crippen molar-refractivity contribution in [3.63, 3.8) is 0 Å². The van der Waals surface area contributed by atoms with Crippen molar-refractivity contribution in [1.82, 2.24) is 19.5 Å². The molecule has 4 rings (SSSR count). The third kappa shape index (κ3) is 5.91. The second kappa shape index (κ2) is 12.1. The number of hydrogen-bond donors (Lipinski definition) is 6. The van der Waals surface area contributed by atoms with Gasteiger partial charge < -0.3 is 40.7 Å². The van der Waals surface area contributed by atoms with Gasteiger partial charge in [-0.3, -0.25) is 9.36 Å². The molecule has 0 radical (unpaired) electrons. The van der Waals surface area contributed by atoms with E-state index in [1.54, 1.807) is 12.1 Å². The molecule has 7 N–H and O–H groups in total. The molecule has 39 heavy (non-hydrogen) atoms. The van der Waals surface area contributed by atoms with Gasteiger partial charge in [-0.1, -0.05) is 31.7 Å². The number of phenols is 1. The zero-order valence-electron chi connectivity index (χ0n) is 21.7. The van der Waals surface area contributed by atoms with E-state index in [9.17, 15) is 25.2 Å². The zero-order chi connectivity index (χ0) is 28.2. The molecule has 13 nitrogen and oxygen atoms in total. The number of aliphatic hydroxyl groups is 3. The molecule has 2 aromatic heterocycles. The van der Waals surface area contributed by atoms with Crippen LogP contribution in [0.1, 0.15) is 50.5 Å². The normalized spacial score (nSPS) is 23.7. The summed E-state index contributed by atoms with van der Waals surface area (Å²) in [6.07, 6.45) is 1.59. The molecule has 0 aliphatic carbocycles. The predicted molar refractivity (Wildman–Crippen MR) is 139 cm³/mol. The van der Waals surface area contributed by atoms with Crippen LogP contribution in [0.4, 0.5) is 5.82 Å². The second-order valence-electron chi connectivity index (χ2n) is 9.86. The lowest BCUT2D eigenvalue weighted by Crippen LogP contribution is -2.47. The van der Waals surface area contributed by atoms with Gasteiger partial charge in [0.05, 0.1) is 19.5 Å². The minimum Gasteiger partial charge on any atom is -0.504 e. The Bertz CT molecular complexity index is 1290. The number of unbranched alkanes of at least 4 members (excludes halogenated alkanes) is 4. The Balaban J connectivity index is 1.58. The molecule has 0 saturated carbocycles. The lowest BCUT2D eigenvalue weighted by Gasteiger charge is -2.34. The monoisotopic (exact) mass is 545 g/mol. The number of carboxylic acid groups (broad SMARTS) is 1. The molecular weight excluding hydrogens is 510 g/mol. The predicted octanol–water partition coefficient (Wildman–Crippen LogP) is 1.31. The van der Waals surface area contributed by atoms with E-state index in [1.165, 1.54) is 30.4 Å². The third-order valence-electron chi connectivity index (χ3n) is 7.20. The molecule has 1 saturated heterocycles. The molecule has 3 heterocycles. The van der Waals surface area contributed by atoms with Crippen molar-refractivity contribution < 1.29 is 39.8 Å². The summed E-state index contributed by atoms with van der Waals surface area (Å²) in [5.41, 5.74) is 5.51. The first-order valence-corrected chi connectivity index (χ1v) is 12.9. The Labute approximate surface area is 224 Å². The van der Waals surface area contributed by atoms with Crippen molar-refractivity contribution >= 4 is 23.0 Å². The molecule has 212 valence electrons. The van der Waals surface area contributed by atoms with Gasteiger partial charge in [-0.05, 0) is 30.5 Å². The summed E-state index contributed by atoms with van der Waals surface area (Å²) in [4.78, 5) is 23.2. The number of fused-ring (bicyclic) bond motifs is 1. The molecule has 0 spiro atoms. The molecule has 1 unspecified atom stereocenters. The summed E-state index contributed by atoms with van der Waals surface area (Å²) in [5.74, 6) is -0.524. The van der Waals surface area contributed by atoms with Crippen LogP contribution in [-0.4, -0.2) is 82.5 Å². The van der Waals surface area contributed by atoms with Crippen molar-refractivity contribution in [2.24, 2.45) is 0 Å². The summed E-state index contributed by atoms with van der Waals surface area (Å²) in [6, 6.07) is 4.68. The number of imidazole rings is 1. The number of phenolic OH excluding ortho intramolecular Hbond substituents is 1. The number of methoxy groups -OCH3 is 1. The number of carbonyl (C=O) groups is 1. The minimum absolute atomic E-state index is 0.00400. The number of hydrogen-bond acceptors (Lipinski definition) is 11. The van der Waals surface area contributed by atoms with Crippen molar-refractivity contribution in [3.8, 4) is 11.5 Å². The number of benzene rings is 1. The molecule has 13 heteroatoms. The standard InChI is InChI=1S/C26H35N5O8/c1-38-18-11-15(9-10-16(18)32)12-26(31-14-30-20-24(27)28-13-29-25(20)31)23(37)21(36)22(39-26)17(33)7-5-3-2-4-6-8-19(34)35/h9-11,13-14,17,21-23,32-33,36-37H,2-8,12H2,1H3,(H,34,35)(H2,27,28,29)/t17?,21-,22-,23-,26-/m1/s1. The highest BCUT2D eigenvalue weighted by atomic mass is 16.6. The van der Waals surface area contributed by atoms with Crippen LogP contribution in [0.3, 0.4) is 0 Å². The van der Waals surface area contributed by atoms with E-state index < -0.39 is 36.1 Å². The van der Waals surface area contributed by atoms with Gasteiger partial charge in [-0.15, -0.1) is 0 Å². The highest BCUT2D eigenvalue weighted by Crippen LogP contribution is 2.42. The first-order chi connectivity index (χ1) is 18.7. The maximum Gasteiger partial charge on any atom is 0.303 e. The van der Waals surface area contributed by atoms with E-state index in [4.69, 9.17) is 20.3 Å². The number of aromatic nitrogens is 4. The van der Waals surface area contributed by atoms with Gasteiger partial charge in [0.25, 0.3) is 0 Å². The van der Waals surface area contributed by atoms with Gasteiger partial charge in [0.2, 0.25) is 0 Å². The van der Waals surface area contributed by atoms with Crippen LogP contribution in [0.25, 0.3) is 11.2 Å². The van der Waals surface area contributed by atoms with Crippen LogP contribution in [-0.2, 0) is 21.7 Å². The van der Waals surface area contributed by atoms with Gasteiger partial charge in [-0.25, -0.2) is 15.0 Å². The molecule has 1 aliphatic rings. The van der Waals surface area contributed by atoms with Gasteiger partial charge in [0.1, 0.15) is 30.2 Å². The van der Waals surface area contributed by atoms with Crippen molar-refractivity contribution in [2.75, 3.05) is 12.8 Å². The molecule has 5 atom stereocenters. The quantitative estimate of drug-likeness (QED) is 0.168. The van der Waals surface area contributed by atoms with Crippen LogP contribution in [0.15, 0.2) is 30.9 Å². The molecule has 1 aliphatic heterocycles. The Morgan fingerprint density at radius 3 is 2.67 bits per heavy atom. The Morgan fingerprint density at radius 2 is 1.92 bits per heavy atom. The number of rotatable bonds is 13. The Morgan fingerprint density at radius 1 is 1.18 bits per heavy atom. The summed E-state index contributed by atoms with van der Waals surface area (Å²) in [6.45, 7) is 0. The van der Waals surface area contributed by atoms with Crippen molar-refractivity contribution in [3.05, 3.63) is 36.4 Å². The average molecular weight is 546 g/mol. The smallest absolute Gasteiger partial charge is 0.303 e. The highest BCUT2D eigenvalue weighted by Gasteiger charge is 2.57. The van der Waals surface area contributed by atoms with E-state index in [0.717, 1.165) is 19.3 Å². The van der Waals surface area contributed by atoms with E-state index in [1.807, 2.05) is 0 Å². The summed E-state index contributed by atoms with van der Waals surface area (Å²) in [7, 11) is 1.42. The topological polar surface area (TPSA) is 206 Å². The lowest BCUT2D eigenvalue weighted by molar-refractivity contribution is -0.159. The van der Waals surface area contributed by atoms with Crippen LogP contribution in [0.2, 0.25) is 0 Å². The summed E-state index contributed by atoms with van der Waals surface area (Å²) < 4.78 is 13.1. The van der Waals surface area contributed by atoms with Gasteiger partial charge >= 0.3 is 5.97 Å². The number of aromatic hydroxyl groups is 1. The zero-order valence-corrected chi connectivity index (χ0v) is 21.7. The summed E-state index contributed by atoms with van der Waals surface area (Å²) in [5, 5.41) is 52.3. The number of anilines is 1. The fraction of sp³-hybridized carbons (Fsp3) is 0.538. The highest BCUT2D eigenvalue weighted by molar-refractivity contribution is 5.81. The SMILES string of the molecule is COc1cc(C[C@@]2(n3cnc4c(N)ncnc43)O[C@H](C(O)CCCCCCCC(=O)O)[C@@H](O)[C@H]2O)ccc1O. The van der Waals surface area contributed by atoms with Crippen LogP contribution < -0.4 is 10.5 Å². The van der Waals surface area contributed by atoms with E-state index in [-0.39, 0.29) is 41.3 Å². The average Bonchev–Trinajstić information content (AvgIpc) is 3.46. The third-order valence-corrected chi connectivity index (χ3v) is 7.20. The van der Waals surface area contributed by atoms with Crippen molar-refractivity contribution in [1.29, 1.82) is 0 Å². The fourth-order valence-electron chi connectivity index (χ4n) is 5.14. The van der Waals surface area contributed by atoms with Crippen molar-refractivity contribution in [2.45, 2.75) is 81.5 Å². The van der Waals surface area contributed by atoms with Gasteiger partial charge in [0, 0.05) is 12.8 Å². The van der Waals surface area contributed by atoms with Gasteiger partial charge in [0.15, 0.2) is 28.7 Å². The van der Waals surface area contributed by atoms with Crippen LogP contribution in [0, 0.1) is 0 Å². The first-order valence-electron chi connectivity index (χ1n) is 12.9. The number of aliphatic carboxylic acids is 1. The van der Waals surface area contributed by atoms with E-state index >= 15 is 0 Å². The lowest BCUT2D eigenvalue weighted by atomic mass is 9.93. The second-order valence-corrected chi connectivity index (χ2v) is 9.86. The summed E-state index contributed by atoms with van der Waals surface area (Å²) >= 11 is 0. The number of ether oxygens (including phenoxy) is 2. The maximum atomic E-state index is 11.4. The molecule has 0 bridgehead atoms. The molecule has 1 fully saturated rings. The van der Waals surface area contributed by atoms with Gasteiger partial charge in [-0.2, -0.15) is 0 Å². The minimum atomic E-state index is -1.64. The first kappa shape index (κ1) is 28.5. The fourth-order valence-corrected chi connectivity index (χ4v) is 5.14. The number of carboxylic acids is 1. The molecular formula is C26H35N5O8. The number of nitrogens with zero attached hydrogens (tertiary/aromatic N) is 4. The van der Waals surface area contributed by atoms with E-state index in [0.29, 0.717) is 24.8 Å². The van der Waals surface area contributed by atoms with Crippen LogP contribution >= 0.6 is 0 Å². The Kier molecular flexibility index (Phi) is 8.85. The number of aliphatic hydroxyl groups excluding tert-OH is 3. The molecule has 1 aromatic carbocycles. The maximum absolute atomic E-state index is 11.4. The van der Waals surface area contributed by atoms with E-state index in [2.05, 4.69) is 15.0 Å². The molecule has 3 aromatic rings. The number of nitrogen functional groups attached to an aromatic ring is 1. The van der Waals surface area contributed by atoms with Crippen LogP contribution in [0.5, 0.6) is 11.5 Å². The molecule has 0 amide bonds. The largest absolute Gasteiger partial charge is 0.504 e.